The van der Waals surface area contributed by atoms with E-state index in [1.807, 2.05) is 30.4 Å². The van der Waals surface area contributed by atoms with Crippen LogP contribution in [0.2, 0.25) is 0 Å². The minimum absolute atomic E-state index is 0.519. The standard InChI is InChI=1S/C14H24N2S2/c1-7(2)17-13-10(6)14(18-8(3)4)12(16)9(5)11(13)15/h7-8H,15-16H2,1-6H3. The molecule has 0 aromatic heterocycles. The quantitative estimate of drug-likeness (QED) is 0.633. The fourth-order valence-corrected chi connectivity index (χ4v) is 3.89. The Morgan fingerprint density at radius 2 is 1.06 bits per heavy atom. The zero-order valence-electron chi connectivity index (χ0n) is 12.1. The van der Waals surface area contributed by atoms with E-state index >= 15 is 0 Å². The number of hydrogen-bond donors (Lipinski definition) is 2. The van der Waals surface area contributed by atoms with E-state index in [4.69, 9.17) is 11.5 Å². The molecular formula is C14H24N2S2. The van der Waals surface area contributed by atoms with E-state index in [9.17, 15) is 0 Å². The van der Waals surface area contributed by atoms with Crippen LogP contribution in [0.3, 0.4) is 0 Å². The Labute approximate surface area is 119 Å². The zero-order valence-corrected chi connectivity index (χ0v) is 13.8. The first-order valence-electron chi connectivity index (χ1n) is 6.27. The summed E-state index contributed by atoms with van der Waals surface area (Å²) in [7, 11) is 0. The zero-order chi connectivity index (χ0) is 14.0. The van der Waals surface area contributed by atoms with Gasteiger partial charge in [0.25, 0.3) is 0 Å². The first kappa shape index (κ1) is 15.6. The molecule has 0 heterocycles. The summed E-state index contributed by atoms with van der Waals surface area (Å²) in [5.74, 6) is 0. The van der Waals surface area contributed by atoms with Crippen LogP contribution in [0.5, 0.6) is 0 Å². The summed E-state index contributed by atoms with van der Waals surface area (Å²) in [4.78, 5) is 2.39. The summed E-state index contributed by atoms with van der Waals surface area (Å²) in [5, 5.41) is 1.04. The van der Waals surface area contributed by atoms with Gasteiger partial charge in [-0.05, 0) is 25.0 Å². The maximum Gasteiger partial charge on any atom is 0.0506 e. The summed E-state index contributed by atoms with van der Waals surface area (Å²) < 4.78 is 0. The summed E-state index contributed by atoms with van der Waals surface area (Å²) in [5.41, 5.74) is 16.4. The normalized spacial score (nSPS) is 11.6. The van der Waals surface area contributed by atoms with Gasteiger partial charge in [0.05, 0.1) is 11.4 Å². The second-order valence-electron chi connectivity index (χ2n) is 5.07. The molecule has 0 saturated heterocycles. The van der Waals surface area contributed by atoms with E-state index in [-0.39, 0.29) is 0 Å². The molecule has 0 spiro atoms. The number of anilines is 2. The largest absolute Gasteiger partial charge is 0.398 e. The van der Waals surface area contributed by atoms with Crippen molar-refractivity contribution >= 4 is 34.9 Å². The second-order valence-corrected chi connectivity index (χ2v) is 8.24. The minimum atomic E-state index is 0.519. The van der Waals surface area contributed by atoms with Gasteiger partial charge in [-0.3, -0.25) is 0 Å². The van der Waals surface area contributed by atoms with E-state index in [2.05, 4.69) is 34.6 Å². The number of rotatable bonds is 4. The van der Waals surface area contributed by atoms with Crippen LogP contribution < -0.4 is 11.5 Å². The monoisotopic (exact) mass is 284 g/mol. The average molecular weight is 284 g/mol. The van der Waals surface area contributed by atoms with Crippen LogP contribution in [0.15, 0.2) is 9.79 Å². The van der Waals surface area contributed by atoms with Gasteiger partial charge in [-0.2, -0.15) is 0 Å². The van der Waals surface area contributed by atoms with E-state index in [0.29, 0.717) is 10.5 Å². The van der Waals surface area contributed by atoms with Crippen molar-refractivity contribution < 1.29 is 0 Å². The van der Waals surface area contributed by atoms with Crippen LogP contribution in [-0.2, 0) is 0 Å². The number of nitrogen functional groups attached to an aromatic ring is 2. The van der Waals surface area contributed by atoms with E-state index in [0.717, 1.165) is 16.9 Å². The number of thioether (sulfide) groups is 2. The van der Waals surface area contributed by atoms with Crippen molar-refractivity contribution in [1.29, 1.82) is 0 Å². The van der Waals surface area contributed by atoms with Gasteiger partial charge >= 0.3 is 0 Å². The van der Waals surface area contributed by atoms with Gasteiger partial charge in [0.15, 0.2) is 0 Å². The molecule has 1 rings (SSSR count). The molecule has 0 aliphatic heterocycles. The number of benzene rings is 1. The molecule has 18 heavy (non-hydrogen) atoms. The lowest BCUT2D eigenvalue weighted by molar-refractivity contribution is 1.08. The van der Waals surface area contributed by atoms with Crippen molar-refractivity contribution in [3.05, 3.63) is 11.1 Å². The predicted octanol–water partition coefficient (Wildman–Crippen LogP) is 4.47. The number of nitrogens with two attached hydrogens (primary N) is 2. The van der Waals surface area contributed by atoms with Crippen molar-refractivity contribution in [2.24, 2.45) is 0 Å². The predicted molar refractivity (Wildman–Crippen MR) is 86.7 cm³/mol. The molecule has 0 bridgehead atoms. The van der Waals surface area contributed by atoms with Gasteiger partial charge in [0.2, 0.25) is 0 Å². The van der Waals surface area contributed by atoms with Crippen LogP contribution in [0, 0.1) is 13.8 Å². The van der Waals surface area contributed by atoms with E-state index in [1.54, 1.807) is 0 Å². The highest BCUT2D eigenvalue weighted by molar-refractivity contribution is 8.00. The Morgan fingerprint density at radius 3 is 1.33 bits per heavy atom. The first-order chi connectivity index (χ1) is 8.25. The van der Waals surface area contributed by atoms with Crippen molar-refractivity contribution in [2.45, 2.75) is 61.8 Å². The van der Waals surface area contributed by atoms with Crippen LogP contribution in [0.4, 0.5) is 11.4 Å². The lowest BCUT2D eigenvalue weighted by Gasteiger charge is -2.21. The molecule has 0 aliphatic rings. The van der Waals surface area contributed by atoms with Crippen molar-refractivity contribution in [3.8, 4) is 0 Å². The van der Waals surface area contributed by atoms with Crippen LogP contribution >= 0.6 is 23.5 Å². The topological polar surface area (TPSA) is 52.0 Å². The molecule has 4 heteroatoms. The Bertz CT molecular complexity index is 403. The Kier molecular flexibility index (Phi) is 5.29. The molecule has 0 aliphatic carbocycles. The molecular weight excluding hydrogens is 260 g/mol. The van der Waals surface area contributed by atoms with Crippen LogP contribution in [-0.4, -0.2) is 10.5 Å². The SMILES string of the molecule is Cc1c(N)c(SC(C)C)c(C)c(SC(C)C)c1N. The first-order valence-corrected chi connectivity index (χ1v) is 8.03. The highest BCUT2D eigenvalue weighted by Gasteiger charge is 2.18. The third-order valence-corrected chi connectivity index (χ3v) is 5.15. The smallest absolute Gasteiger partial charge is 0.0506 e. The maximum absolute atomic E-state index is 6.22. The highest BCUT2D eigenvalue weighted by Crippen LogP contribution is 2.44. The van der Waals surface area contributed by atoms with Crippen molar-refractivity contribution in [3.63, 3.8) is 0 Å². The van der Waals surface area contributed by atoms with Crippen LogP contribution in [0.25, 0.3) is 0 Å². The summed E-state index contributed by atoms with van der Waals surface area (Å²) in [6.45, 7) is 12.9. The van der Waals surface area contributed by atoms with Gasteiger partial charge in [-0.15, -0.1) is 23.5 Å². The Hall–Kier alpha value is -0.480. The molecule has 0 amide bonds. The lowest BCUT2D eigenvalue weighted by atomic mass is 10.1. The Morgan fingerprint density at radius 1 is 0.722 bits per heavy atom. The molecule has 2 nitrogen and oxygen atoms in total. The summed E-state index contributed by atoms with van der Waals surface area (Å²) >= 11 is 3.64. The third kappa shape index (κ3) is 3.29. The second kappa shape index (κ2) is 6.11. The molecule has 4 N–H and O–H groups in total. The fraction of sp³-hybridized carbons (Fsp3) is 0.571. The van der Waals surface area contributed by atoms with Gasteiger partial charge in [-0.25, -0.2) is 0 Å². The summed E-state index contributed by atoms with van der Waals surface area (Å²) in [6, 6.07) is 0. The van der Waals surface area contributed by atoms with Crippen molar-refractivity contribution in [1.82, 2.24) is 0 Å². The van der Waals surface area contributed by atoms with Gasteiger partial charge in [0, 0.05) is 20.3 Å². The molecule has 1 aromatic rings. The molecule has 1 aromatic carbocycles. The van der Waals surface area contributed by atoms with E-state index < -0.39 is 0 Å². The maximum atomic E-state index is 6.22. The third-order valence-electron chi connectivity index (χ3n) is 2.69. The Balaban J connectivity index is 3.39. The van der Waals surface area contributed by atoms with Gasteiger partial charge in [-0.1, -0.05) is 27.7 Å². The van der Waals surface area contributed by atoms with Crippen molar-refractivity contribution in [2.75, 3.05) is 11.5 Å². The lowest BCUT2D eigenvalue weighted by Crippen LogP contribution is -2.05. The molecule has 0 unspecified atom stereocenters. The minimum Gasteiger partial charge on any atom is -0.398 e. The molecule has 0 atom stereocenters. The molecule has 0 saturated carbocycles. The highest BCUT2D eigenvalue weighted by atomic mass is 32.2. The van der Waals surface area contributed by atoms with E-state index in [1.165, 1.54) is 15.4 Å². The number of hydrogen-bond acceptors (Lipinski definition) is 4. The van der Waals surface area contributed by atoms with Gasteiger partial charge < -0.3 is 11.5 Å². The summed E-state index contributed by atoms with van der Waals surface area (Å²) in [6.07, 6.45) is 0. The molecule has 0 fully saturated rings. The molecule has 102 valence electrons. The molecule has 0 radical (unpaired) electrons. The van der Waals surface area contributed by atoms with Crippen LogP contribution in [0.1, 0.15) is 38.8 Å². The fourth-order valence-electron chi connectivity index (χ4n) is 1.77. The average Bonchev–Trinajstić information content (AvgIpc) is 2.27. The van der Waals surface area contributed by atoms with Gasteiger partial charge in [0.1, 0.15) is 0 Å².